The fourth-order valence-corrected chi connectivity index (χ4v) is 3.44. The predicted molar refractivity (Wildman–Crippen MR) is 87.2 cm³/mol. The van der Waals surface area contributed by atoms with Crippen molar-refractivity contribution in [3.8, 4) is 0 Å². The van der Waals surface area contributed by atoms with Crippen LogP contribution < -0.4 is 4.90 Å². The van der Waals surface area contributed by atoms with E-state index in [0.29, 0.717) is 12.5 Å². The smallest absolute Gasteiger partial charge is 0.205 e. The Kier molecular flexibility index (Phi) is 4.18. The molecule has 0 N–H and O–H groups in total. The summed E-state index contributed by atoms with van der Waals surface area (Å²) in [5, 5.41) is 5.26. The number of hydrogen-bond donors (Lipinski definition) is 0. The third kappa shape index (κ3) is 3.15. The van der Waals surface area contributed by atoms with Gasteiger partial charge in [-0.1, -0.05) is 13.8 Å². The van der Waals surface area contributed by atoms with Crippen molar-refractivity contribution in [1.82, 2.24) is 19.1 Å². The number of morpholine rings is 1. The molecule has 0 saturated carbocycles. The molecule has 1 atom stereocenters. The van der Waals surface area contributed by atoms with Crippen LogP contribution in [0.2, 0.25) is 0 Å². The van der Waals surface area contributed by atoms with Gasteiger partial charge in [0.25, 0.3) is 0 Å². The molecule has 0 bridgehead atoms. The van der Waals surface area contributed by atoms with Crippen LogP contribution in [0, 0.1) is 5.92 Å². The lowest BCUT2D eigenvalue weighted by Crippen LogP contribution is -2.48. The van der Waals surface area contributed by atoms with Crippen LogP contribution in [0.5, 0.6) is 0 Å². The lowest BCUT2D eigenvalue weighted by atomic mass is 9.97. The van der Waals surface area contributed by atoms with E-state index in [1.165, 1.54) is 11.5 Å². The minimum absolute atomic E-state index is 0.351. The largest absolute Gasteiger partial charge is 0.367 e. The highest BCUT2D eigenvalue weighted by Crippen LogP contribution is 2.32. The minimum Gasteiger partial charge on any atom is -0.367 e. The molecule has 1 fully saturated rings. The van der Waals surface area contributed by atoms with Crippen LogP contribution in [0.15, 0.2) is 12.4 Å². The highest BCUT2D eigenvalue weighted by molar-refractivity contribution is 7.09. The SMILES string of the molecule is CC(C)Cc1nsc(N2CCOC(C)(c3cnn(C)c3)C2)n1. The average Bonchev–Trinajstić information content (AvgIpc) is 3.08. The van der Waals surface area contributed by atoms with Crippen molar-refractivity contribution in [3.63, 3.8) is 0 Å². The zero-order chi connectivity index (χ0) is 15.7. The molecule has 0 aliphatic carbocycles. The van der Waals surface area contributed by atoms with Crippen LogP contribution in [0.4, 0.5) is 5.13 Å². The maximum atomic E-state index is 6.05. The second kappa shape index (κ2) is 5.96. The lowest BCUT2D eigenvalue weighted by molar-refractivity contribution is -0.0466. The quantitative estimate of drug-likeness (QED) is 0.864. The highest BCUT2D eigenvalue weighted by atomic mass is 32.1. The summed E-state index contributed by atoms with van der Waals surface area (Å²) in [5.41, 5.74) is 0.753. The Hall–Kier alpha value is -1.47. The molecule has 7 heteroatoms. The summed E-state index contributed by atoms with van der Waals surface area (Å²) in [6, 6.07) is 0. The zero-order valence-electron chi connectivity index (χ0n) is 13.6. The first-order chi connectivity index (χ1) is 10.5. The van der Waals surface area contributed by atoms with Crippen molar-refractivity contribution < 1.29 is 4.74 Å². The first kappa shape index (κ1) is 15.4. The number of ether oxygens (including phenoxy) is 1. The molecule has 1 aliphatic heterocycles. The molecule has 2 aromatic heterocycles. The molecule has 3 heterocycles. The van der Waals surface area contributed by atoms with Crippen LogP contribution in [0.25, 0.3) is 0 Å². The Morgan fingerprint density at radius 2 is 2.27 bits per heavy atom. The molecule has 120 valence electrons. The topological polar surface area (TPSA) is 56.1 Å². The third-order valence-corrected chi connectivity index (χ3v) is 4.72. The number of nitrogens with zero attached hydrogens (tertiary/aromatic N) is 5. The van der Waals surface area contributed by atoms with E-state index in [1.807, 2.05) is 24.1 Å². The Labute approximate surface area is 135 Å². The fourth-order valence-electron chi connectivity index (χ4n) is 2.72. The zero-order valence-corrected chi connectivity index (χ0v) is 14.4. The van der Waals surface area contributed by atoms with Crippen LogP contribution in [-0.2, 0) is 23.8 Å². The van der Waals surface area contributed by atoms with Crippen molar-refractivity contribution in [2.75, 3.05) is 24.6 Å². The van der Waals surface area contributed by atoms with Gasteiger partial charge in [0.05, 0.1) is 19.3 Å². The van der Waals surface area contributed by atoms with Crippen molar-refractivity contribution in [2.45, 2.75) is 32.8 Å². The summed E-state index contributed by atoms with van der Waals surface area (Å²) >= 11 is 1.49. The predicted octanol–water partition coefficient (Wildman–Crippen LogP) is 2.22. The van der Waals surface area contributed by atoms with Gasteiger partial charge in [-0.05, 0) is 12.8 Å². The second-order valence-electron chi connectivity index (χ2n) is 6.49. The fraction of sp³-hybridized carbons (Fsp3) is 0.667. The number of rotatable bonds is 4. The summed E-state index contributed by atoms with van der Waals surface area (Å²) in [6.07, 6.45) is 4.84. The van der Waals surface area contributed by atoms with Gasteiger partial charge in [-0.2, -0.15) is 9.47 Å². The Morgan fingerprint density at radius 3 is 2.95 bits per heavy atom. The monoisotopic (exact) mass is 321 g/mol. The van der Waals surface area contributed by atoms with E-state index in [-0.39, 0.29) is 5.60 Å². The van der Waals surface area contributed by atoms with E-state index >= 15 is 0 Å². The van der Waals surface area contributed by atoms with Crippen molar-refractivity contribution in [1.29, 1.82) is 0 Å². The van der Waals surface area contributed by atoms with Gasteiger partial charge in [-0.15, -0.1) is 0 Å². The Morgan fingerprint density at radius 1 is 1.45 bits per heavy atom. The Bertz CT molecular complexity index is 637. The molecule has 0 aromatic carbocycles. The van der Waals surface area contributed by atoms with E-state index in [2.05, 4.69) is 35.1 Å². The van der Waals surface area contributed by atoms with Gasteiger partial charge in [0, 0.05) is 43.3 Å². The minimum atomic E-state index is -0.351. The first-order valence-corrected chi connectivity index (χ1v) is 8.44. The summed E-state index contributed by atoms with van der Waals surface area (Å²) in [7, 11) is 1.93. The number of hydrogen-bond acceptors (Lipinski definition) is 6. The summed E-state index contributed by atoms with van der Waals surface area (Å²) in [4.78, 5) is 6.97. The normalized spacial score (nSPS) is 22.5. The second-order valence-corrected chi connectivity index (χ2v) is 7.22. The molecule has 6 nitrogen and oxygen atoms in total. The molecule has 0 spiro atoms. The van der Waals surface area contributed by atoms with Crippen molar-refractivity contribution >= 4 is 16.7 Å². The maximum Gasteiger partial charge on any atom is 0.205 e. The first-order valence-electron chi connectivity index (χ1n) is 7.67. The van der Waals surface area contributed by atoms with Gasteiger partial charge < -0.3 is 9.64 Å². The maximum absolute atomic E-state index is 6.05. The van der Waals surface area contributed by atoms with Gasteiger partial charge in [0.15, 0.2) is 0 Å². The van der Waals surface area contributed by atoms with Gasteiger partial charge in [-0.25, -0.2) is 4.98 Å². The van der Waals surface area contributed by atoms with Gasteiger partial charge in [0.1, 0.15) is 11.4 Å². The van der Waals surface area contributed by atoms with Crippen LogP contribution in [0.3, 0.4) is 0 Å². The Balaban J connectivity index is 1.76. The molecule has 0 radical (unpaired) electrons. The molecule has 1 saturated heterocycles. The van der Waals surface area contributed by atoms with Gasteiger partial charge in [-0.3, -0.25) is 4.68 Å². The van der Waals surface area contributed by atoms with E-state index in [0.717, 1.165) is 36.0 Å². The molecule has 2 aromatic rings. The van der Waals surface area contributed by atoms with E-state index in [1.54, 1.807) is 0 Å². The highest BCUT2D eigenvalue weighted by Gasteiger charge is 2.36. The van der Waals surface area contributed by atoms with Gasteiger partial charge in [0.2, 0.25) is 5.13 Å². The van der Waals surface area contributed by atoms with Crippen LogP contribution in [-0.4, -0.2) is 38.8 Å². The lowest BCUT2D eigenvalue weighted by Gasteiger charge is -2.39. The molecular weight excluding hydrogens is 298 g/mol. The van der Waals surface area contributed by atoms with Crippen LogP contribution in [0.1, 0.15) is 32.2 Å². The third-order valence-electron chi connectivity index (χ3n) is 3.91. The van der Waals surface area contributed by atoms with Gasteiger partial charge >= 0.3 is 0 Å². The summed E-state index contributed by atoms with van der Waals surface area (Å²) in [5.74, 6) is 1.53. The van der Waals surface area contributed by atoms with Crippen molar-refractivity contribution in [2.24, 2.45) is 13.0 Å². The van der Waals surface area contributed by atoms with E-state index in [9.17, 15) is 0 Å². The average molecular weight is 321 g/mol. The molecule has 1 unspecified atom stereocenters. The van der Waals surface area contributed by atoms with E-state index < -0.39 is 0 Å². The van der Waals surface area contributed by atoms with Crippen LogP contribution >= 0.6 is 11.5 Å². The molecule has 0 amide bonds. The standard InChI is InChI=1S/C15H23N5OS/c1-11(2)7-13-17-14(22-18-13)20-5-6-21-15(3,10-20)12-8-16-19(4)9-12/h8-9,11H,5-7,10H2,1-4H3. The summed E-state index contributed by atoms with van der Waals surface area (Å²) < 4.78 is 12.4. The molecular formula is C15H23N5OS. The summed E-state index contributed by atoms with van der Waals surface area (Å²) in [6.45, 7) is 8.81. The van der Waals surface area contributed by atoms with Crippen molar-refractivity contribution in [3.05, 3.63) is 23.8 Å². The van der Waals surface area contributed by atoms with E-state index in [4.69, 9.17) is 9.72 Å². The number of anilines is 1. The molecule has 22 heavy (non-hydrogen) atoms. The number of aromatic nitrogens is 4. The molecule has 3 rings (SSSR count). The number of aryl methyl sites for hydroxylation is 1. The molecule has 1 aliphatic rings.